The number of thioether (sulfide) groups is 1. The van der Waals surface area contributed by atoms with Crippen molar-refractivity contribution in [3.8, 4) is 5.75 Å². The van der Waals surface area contributed by atoms with E-state index in [2.05, 4.69) is 19.2 Å². The number of hydrogen-bond acceptors (Lipinski definition) is 4. The lowest BCUT2D eigenvalue weighted by Crippen LogP contribution is -2.13. The average Bonchev–Trinajstić information content (AvgIpc) is 2.40. The summed E-state index contributed by atoms with van der Waals surface area (Å²) in [5.41, 5.74) is 7.02. The van der Waals surface area contributed by atoms with Gasteiger partial charge in [-0.1, -0.05) is 13.8 Å². The maximum Gasteiger partial charge on any atom is 0.225 e. The summed E-state index contributed by atoms with van der Waals surface area (Å²) < 4.78 is 5.07. The van der Waals surface area contributed by atoms with Crippen LogP contribution in [0.15, 0.2) is 18.2 Å². The molecule has 0 heterocycles. The summed E-state index contributed by atoms with van der Waals surface area (Å²) in [7, 11) is 1.58. The van der Waals surface area contributed by atoms with Crippen LogP contribution in [-0.4, -0.2) is 24.5 Å². The molecule has 0 saturated carbocycles. The summed E-state index contributed by atoms with van der Waals surface area (Å²) in [6.07, 6.45) is 1.70. The fourth-order valence-corrected chi connectivity index (χ4v) is 2.75. The monoisotopic (exact) mass is 296 g/mol. The zero-order chi connectivity index (χ0) is 15.0. The molecule has 0 aliphatic heterocycles. The van der Waals surface area contributed by atoms with Crippen LogP contribution in [0, 0.1) is 5.92 Å². The van der Waals surface area contributed by atoms with Gasteiger partial charge in [0.05, 0.1) is 18.5 Å². The van der Waals surface area contributed by atoms with Crippen molar-refractivity contribution in [2.75, 3.05) is 29.7 Å². The van der Waals surface area contributed by atoms with Crippen LogP contribution in [0.4, 0.5) is 11.4 Å². The summed E-state index contributed by atoms with van der Waals surface area (Å²) in [4.78, 5) is 11.8. The second kappa shape index (κ2) is 8.74. The minimum absolute atomic E-state index is 0.00101. The normalized spacial score (nSPS) is 10.6. The van der Waals surface area contributed by atoms with Crippen molar-refractivity contribution >= 4 is 29.0 Å². The Morgan fingerprint density at radius 2 is 2.15 bits per heavy atom. The molecule has 1 aromatic carbocycles. The smallest absolute Gasteiger partial charge is 0.225 e. The number of methoxy groups -OCH3 is 1. The average molecular weight is 296 g/mol. The summed E-state index contributed by atoms with van der Waals surface area (Å²) in [6.45, 7) is 4.42. The third-order valence-electron chi connectivity index (χ3n) is 2.85. The second-order valence-corrected chi connectivity index (χ2v) is 6.27. The number of carbonyl (C=O) groups is 1. The first-order valence-electron chi connectivity index (χ1n) is 6.84. The van der Waals surface area contributed by atoms with E-state index in [-0.39, 0.29) is 5.91 Å². The number of nitrogens with two attached hydrogens (primary N) is 1. The Bertz CT molecular complexity index is 436. The van der Waals surface area contributed by atoms with E-state index in [9.17, 15) is 4.79 Å². The first-order valence-corrected chi connectivity index (χ1v) is 7.99. The molecule has 0 aliphatic carbocycles. The minimum atomic E-state index is -0.00101. The number of rotatable bonds is 8. The number of anilines is 2. The molecule has 112 valence electrons. The largest absolute Gasteiger partial charge is 0.497 e. The van der Waals surface area contributed by atoms with Gasteiger partial charge in [-0.15, -0.1) is 0 Å². The van der Waals surface area contributed by atoms with E-state index in [1.54, 1.807) is 25.3 Å². The zero-order valence-electron chi connectivity index (χ0n) is 12.4. The van der Waals surface area contributed by atoms with Gasteiger partial charge in [-0.3, -0.25) is 4.79 Å². The number of carbonyl (C=O) groups excluding carboxylic acids is 1. The maximum absolute atomic E-state index is 11.8. The van der Waals surface area contributed by atoms with Crippen molar-refractivity contribution in [1.29, 1.82) is 0 Å². The molecule has 20 heavy (non-hydrogen) atoms. The highest BCUT2D eigenvalue weighted by Gasteiger charge is 2.06. The fourth-order valence-electron chi connectivity index (χ4n) is 1.58. The summed E-state index contributed by atoms with van der Waals surface area (Å²) >= 11 is 1.82. The Morgan fingerprint density at radius 3 is 2.75 bits per heavy atom. The van der Waals surface area contributed by atoms with Crippen molar-refractivity contribution < 1.29 is 9.53 Å². The third kappa shape index (κ3) is 6.19. The summed E-state index contributed by atoms with van der Waals surface area (Å²) in [5.74, 6) is 3.35. The fraction of sp³-hybridized carbons (Fsp3) is 0.533. The van der Waals surface area contributed by atoms with Crippen LogP contribution in [0.5, 0.6) is 5.75 Å². The molecule has 0 saturated heterocycles. The van der Waals surface area contributed by atoms with Crippen molar-refractivity contribution in [2.24, 2.45) is 5.92 Å². The molecule has 0 aromatic heterocycles. The Kier molecular flexibility index (Phi) is 7.30. The highest BCUT2D eigenvalue weighted by Crippen LogP contribution is 2.24. The highest BCUT2D eigenvalue weighted by molar-refractivity contribution is 7.99. The van der Waals surface area contributed by atoms with E-state index in [1.165, 1.54) is 6.42 Å². The molecule has 0 bridgehead atoms. The molecule has 1 amide bonds. The molecular weight excluding hydrogens is 272 g/mol. The Balaban J connectivity index is 2.32. The van der Waals surface area contributed by atoms with Gasteiger partial charge in [0.15, 0.2) is 0 Å². The first-order chi connectivity index (χ1) is 9.52. The Hall–Kier alpha value is -1.36. The van der Waals surface area contributed by atoms with Crippen molar-refractivity contribution in [3.63, 3.8) is 0 Å². The van der Waals surface area contributed by atoms with E-state index in [1.807, 2.05) is 11.8 Å². The molecule has 0 aliphatic rings. The molecule has 0 radical (unpaired) electrons. The Morgan fingerprint density at radius 1 is 1.40 bits per heavy atom. The Labute approximate surface area is 125 Å². The van der Waals surface area contributed by atoms with Crippen LogP contribution in [0.3, 0.4) is 0 Å². The van der Waals surface area contributed by atoms with Crippen LogP contribution < -0.4 is 15.8 Å². The molecule has 0 unspecified atom stereocenters. The summed E-state index contributed by atoms with van der Waals surface area (Å²) in [5, 5.41) is 2.83. The summed E-state index contributed by atoms with van der Waals surface area (Å²) in [6, 6.07) is 5.24. The van der Waals surface area contributed by atoms with Gasteiger partial charge in [0.1, 0.15) is 5.75 Å². The minimum Gasteiger partial charge on any atom is -0.497 e. The van der Waals surface area contributed by atoms with Crippen molar-refractivity contribution in [2.45, 2.75) is 26.7 Å². The molecule has 0 spiro atoms. The maximum atomic E-state index is 11.8. The van der Waals surface area contributed by atoms with E-state index in [0.717, 1.165) is 17.4 Å². The van der Waals surface area contributed by atoms with Gasteiger partial charge in [-0.2, -0.15) is 11.8 Å². The third-order valence-corrected chi connectivity index (χ3v) is 3.86. The first kappa shape index (κ1) is 16.7. The molecule has 0 atom stereocenters. The molecule has 3 N–H and O–H groups in total. The van der Waals surface area contributed by atoms with E-state index in [4.69, 9.17) is 10.5 Å². The van der Waals surface area contributed by atoms with Crippen LogP contribution in [0.2, 0.25) is 0 Å². The lowest BCUT2D eigenvalue weighted by atomic mass is 10.2. The number of amides is 1. The number of hydrogen-bond donors (Lipinski definition) is 2. The number of nitrogen functional groups attached to an aromatic ring is 1. The number of ether oxygens (including phenoxy) is 1. The van der Waals surface area contributed by atoms with Gasteiger partial charge in [0.2, 0.25) is 5.91 Å². The van der Waals surface area contributed by atoms with E-state index < -0.39 is 0 Å². The van der Waals surface area contributed by atoms with Gasteiger partial charge in [-0.05, 0) is 30.2 Å². The predicted octanol–water partition coefficient (Wildman–Crippen LogP) is 3.39. The topological polar surface area (TPSA) is 64.3 Å². The standard InChI is InChI=1S/C15H24N2O2S/c1-11(2)6-8-20-9-7-15(18)17-14-5-4-12(19-3)10-13(14)16/h4-5,10-11H,6-9,16H2,1-3H3,(H,17,18). The zero-order valence-corrected chi connectivity index (χ0v) is 13.3. The van der Waals surface area contributed by atoms with Crippen LogP contribution in [-0.2, 0) is 4.79 Å². The molecule has 1 aromatic rings. The molecular formula is C15H24N2O2S. The van der Waals surface area contributed by atoms with Crippen LogP contribution in [0.1, 0.15) is 26.7 Å². The van der Waals surface area contributed by atoms with Crippen LogP contribution in [0.25, 0.3) is 0 Å². The number of nitrogens with one attached hydrogen (secondary N) is 1. The molecule has 4 nitrogen and oxygen atoms in total. The lowest BCUT2D eigenvalue weighted by molar-refractivity contribution is -0.115. The van der Waals surface area contributed by atoms with Crippen molar-refractivity contribution in [3.05, 3.63) is 18.2 Å². The van der Waals surface area contributed by atoms with Gasteiger partial charge in [0.25, 0.3) is 0 Å². The molecule has 5 heteroatoms. The predicted molar refractivity (Wildman–Crippen MR) is 87.4 cm³/mol. The van der Waals surface area contributed by atoms with E-state index in [0.29, 0.717) is 23.5 Å². The highest BCUT2D eigenvalue weighted by atomic mass is 32.2. The van der Waals surface area contributed by atoms with Gasteiger partial charge >= 0.3 is 0 Å². The van der Waals surface area contributed by atoms with Gasteiger partial charge in [-0.25, -0.2) is 0 Å². The second-order valence-electron chi connectivity index (χ2n) is 5.05. The quantitative estimate of drug-likeness (QED) is 0.570. The van der Waals surface area contributed by atoms with Gasteiger partial charge in [0, 0.05) is 18.2 Å². The van der Waals surface area contributed by atoms with Crippen molar-refractivity contribution in [1.82, 2.24) is 0 Å². The molecule has 0 fully saturated rings. The van der Waals surface area contributed by atoms with Gasteiger partial charge < -0.3 is 15.8 Å². The van der Waals surface area contributed by atoms with Crippen LogP contribution >= 0.6 is 11.8 Å². The van der Waals surface area contributed by atoms with E-state index >= 15 is 0 Å². The SMILES string of the molecule is COc1ccc(NC(=O)CCSCCC(C)C)c(N)c1. The lowest BCUT2D eigenvalue weighted by Gasteiger charge is -2.09. The molecule has 1 rings (SSSR count). The number of benzene rings is 1.